The normalized spacial score (nSPS) is 25.3. The summed E-state index contributed by atoms with van der Waals surface area (Å²) in [6, 6.07) is 6.23. The summed E-state index contributed by atoms with van der Waals surface area (Å²) in [4.78, 5) is 4.31. The number of hydrogen-bond donors (Lipinski definition) is 1. The fourth-order valence-corrected chi connectivity index (χ4v) is 2.54. The Bertz CT molecular complexity index is 322. The lowest BCUT2D eigenvalue weighted by Gasteiger charge is -2.36. The van der Waals surface area contributed by atoms with Crippen molar-refractivity contribution in [3.8, 4) is 0 Å². The molecule has 1 unspecified atom stereocenters. The van der Waals surface area contributed by atoms with Gasteiger partial charge in [0.2, 0.25) is 0 Å². The molecule has 1 fully saturated rings. The van der Waals surface area contributed by atoms with Gasteiger partial charge in [-0.3, -0.25) is 4.98 Å². The van der Waals surface area contributed by atoms with Crippen molar-refractivity contribution in [3.63, 3.8) is 0 Å². The molecule has 94 valence electrons. The molecule has 1 aliphatic rings. The van der Waals surface area contributed by atoms with Crippen molar-refractivity contribution in [1.29, 1.82) is 0 Å². The second-order valence-electron chi connectivity index (χ2n) is 4.94. The fourth-order valence-electron chi connectivity index (χ4n) is 2.54. The lowest BCUT2D eigenvalue weighted by molar-refractivity contribution is -0.0281. The van der Waals surface area contributed by atoms with Crippen molar-refractivity contribution in [2.24, 2.45) is 11.7 Å². The number of nitrogens with two attached hydrogens (primary N) is 1. The number of rotatable bonds is 6. The molecule has 1 atom stereocenters. The molecule has 0 amide bonds. The van der Waals surface area contributed by atoms with Crippen molar-refractivity contribution in [2.75, 3.05) is 6.61 Å². The van der Waals surface area contributed by atoms with E-state index in [2.05, 4.69) is 11.9 Å². The van der Waals surface area contributed by atoms with Crippen LogP contribution in [0, 0.1) is 5.92 Å². The van der Waals surface area contributed by atoms with Crippen LogP contribution in [0.3, 0.4) is 0 Å². The Balaban J connectivity index is 1.67. The zero-order valence-electron chi connectivity index (χ0n) is 10.5. The van der Waals surface area contributed by atoms with E-state index in [4.69, 9.17) is 10.5 Å². The Kier molecular flexibility index (Phi) is 4.51. The van der Waals surface area contributed by atoms with Gasteiger partial charge in [0, 0.05) is 31.0 Å². The average molecular weight is 234 g/mol. The highest BCUT2D eigenvalue weighted by molar-refractivity contribution is 5.05. The highest BCUT2D eigenvalue weighted by atomic mass is 16.5. The Morgan fingerprint density at radius 3 is 2.94 bits per heavy atom. The topological polar surface area (TPSA) is 48.1 Å². The van der Waals surface area contributed by atoms with Gasteiger partial charge in [-0.25, -0.2) is 0 Å². The van der Waals surface area contributed by atoms with Crippen LogP contribution in [0.5, 0.6) is 0 Å². The van der Waals surface area contributed by atoms with Gasteiger partial charge >= 0.3 is 0 Å². The molecular weight excluding hydrogens is 212 g/mol. The predicted octanol–water partition coefficient (Wildman–Crippen LogP) is 2.16. The Morgan fingerprint density at radius 1 is 1.47 bits per heavy atom. The molecule has 0 aliphatic heterocycles. The molecule has 0 aromatic carbocycles. The third kappa shape index (κ3) is 3.79. The summed E-state index contributed by atoms with van der Waals surface area (Å²) in [6.07, 6.45) is 6.67. The van der Waals surface area contributed by atoms with Gasteiger partial charge in [-0.2, -0.15) is 0 Å². The molecule has 2 N–H and O–H groups in total. The van der Waals surface area contributed by atoms with E-state index >= 15 is 0 Å². The molecular formula is C14H22N2O. The van der Waals surface area contributed by atoms with Crippen molar-refractivity contribution in [2.45, 2.75) is 44.8 Å². The van der Waals surface area contributed by atoms with Gasteiger partial charge in [-0.15, -0.1) is 0 Å². The van der Waals surface area contributed by atoms with Crippen LogP contribution in [0.15, 0.2) is 24.4 Å². The molecule has 0 radical (unpaired) electrons. The highest BCUT2D eigenvalue weighted by Gasteiger charge is 2.30. The Morgan fingerprint density at radius 2 is 2.29 bits per heavy atom. The first kappa shape index (κ1) is 12.5. The summed E-state index contributed by atoms with van der Waals surface area (Å²) in [7, 11) is 0. The summed E-state index contributed by atoms with van der Waals surface area (Å²) in [5, 5.41) is 0. The van der Waals surface area contributed by atoms with Crippen molar-refractivity contribution >= 4 is 0 Å². The van der Waals surface area contributed by atoms with Crippen molar-refractivity contribution in [3.05, 3.63) is 30.1 Å². The van der Waals surface area contributed by atoms with E-state index in [1.54, 1.807) is 0 Å². The van der Waals surface area contributed by atoms with E-state index in [-0.39, 0.29) is 6.04 Å². The first-order chi connectivity index (χ1) is 8.28. The first-order valence-corrected chi connectivity index (χ1v) is 6.55. The van der Waals surface area contributed by atoms with Gasteiger partial charge in [-0.1, -0.05) is 6.07 Å². The van der Waals surface area contributed by atoms with E-state index in [0.717, 1.165) is 31.1 Å². The Labute approximate surface area is 103 Å². The van der Waals surface area contributed by atoms with Crippen LogP contribution < -0.4 is 5.73 Å². The minimum Gasteiger partial charge on any atom is -0.378 e. The summed E-state index contributed by atoms with van der Waals surface area (Å²) < 4.78 is 5.55. The lowest BCUT2D eigenvalue weighted by atomic mass is 9.78. The molecule has 0 saturated heterocycles. The molecule has 0 bridgehead atoms. The smallest absolute Gasteiger partial charge is 0.0580 e. The number of ether oxygens (including phenoxy) is 1. The van der Waals surface area contributed by atoms with Crippen molar-refractivity contribution < 1.29 is 4.74 Å². The van der Waals surface area contributed by atoms with Gasteiger partial charge in [0.25, 0.3) is 0 Å². The van der Waals surface area contributed by atoms with E-state index < -0.39 is 0 Å². The second-order valence-corrected chi connectivity index (χ2v) is 4.94. The molecule has 1 heterocycles. The lowest BCUT2D eigenvalue weighted by Crippen LogP contribution is -2.36. The first-order valence-electron chi connectivity index (χ1n) is 6.55. The van der Waals surface area contributed by atoms with Gasteiger partial charge < -0.3 is 10.5 Å². The van der Waals surface area contributed by atoms with Crippen molar-refractivity contribution in [1.82, 2.24) is 4.98 Å². The molecule has 1 saturated carbocycles. The van der Waals surface area contributed by atoms with Gasteiger partial charge in [0.05, 0.1) is 6.10 Å². The summed E-state index contributed by atoms with van der Waals surface area (Å²) in [5.74, 6) is 0.755. The van der Waals surface area contributed by atoms with Gasteiger partial charge in [0.15, 0.2) is 0 Å². The number of nitrogens with zero attached hydrogens (tertiary/aromatic N) is 1. The third-order valence-electron chi connectivity index (χ3n) is 3.43. The number of pyridine rings is 1. The van der Waals surface area contributed by atoms with Crippen LogP contribution in [-0.4, -0.2) is 23.7 Å². The monoisotopic (exact) mass is 234 g/mol. The summed E-state index contributed by atoms with van der Waals surface area (Å²) >= 11 is 0. The highest BCUT2D eigenvalue weighted by Crippen LogP contribution is 2.33. The van der Waals surface area contributed by atoms with E-state index in [0.29, 0.717) is 6.10 Å². The average Bonchev–Trinajstić information content (AvgIpc) is 2.27. The van der Waals surface area contributed by atoms with Crippen LogP contribution in [0.2, 0.25) is 0 Å². The molecule has 2 rings (SSSR count). The quantitative estimate of drug-likeness (QED) is 0.820. The Hall–Kier alpha value is -0.930. The summed E-state index contributed by atoms with van der Waals surface area (Å²) in [6.45, 7) is 2.89. The second kappa shape index (κ2) is 6.12. The zero-order chi connectivity index (χ0) is 12.1. The minimum absolute atomic E-state index is 0.234. The molecule has 17 heavy (non-hydrogen) atoms. The van der Waals surface area contributed by atoms with E-state index in [9.17, 15) is 0 Å². The molecule has 1 aromatic rings. The number of hydrogen-bond acceptors (Lipinski definition) is 3. The molecule has 1 aliphatic carbocycles. The van der Waals surface area contributed by atoms with Crippen LogP contribution >= 0.6 is 0 Å². The maximum absolute atomic E-state index is 6.15. The molecule has 3 heteroatoms. The van der Waals surface area contributed by atoms with Crippen LogP contribution in [-0.2, 0) is 11.2 Å². The molecule has 1 aromatic heterocycles. The predicted molar refractivity (Wildman–Crippen MR) is 68.7 cm³/mol. The van der Waals surface area contributed by atoms with Crippen LogP contribution in [0.1, 0.15) is 31.9 Å². The van der Waals surface area contributed by atoms with Crippen LogP contribution in [0.4, 0.5) is 0 Å². The van der Waals surface area contributed by atoms with Gasteiger partial charge in [-0.05, 0) is 44.2 Å². The van der Waals surface area contributed by atoms with E-state index in [1.807, 2.05) is 24.4 Å². The minimum atomic E-state index is 0.234. The largest absolute Gasteiger partial charge is 0.378 e. The summed E-state index contributed by atoms with van der Waals surface area (Å²) in [5.41, 5.74) is 7.25. The molecule has 3 nitrogen and oxygen atoms in total. The maximum Gasteiger partial charge on any atom is 0.0580 e. The third-order valence-corrected chi connectivity index (χ3v) is 3.43. The van der Waals surface area contributed by atoms with E-state index in [1.165, 1.54) is 12.8 Å². The van der Waals surface area contributed by atoms with Gasteiger partial charge in [0.1, 0.15) is 0 Å². The number of aromatic nitrogens is 1. The fraction of sp³-hybridized carbons (Fsp3) is 0.643. The standard InChI is InChI=1S/C14H22N2O/c1-2-17-14-8-11(9-14)7-12(15)10-13-5-3-4-6-16-13/h3-6,11-12,14H,2,7-10,15H2,1H3. The molecule has 0 spiro atoms. The zero-order valence-corrected chi connectivity index (χ0v) is 10.5. The maximum atomic E-state index is 6.15. The van der Waals surface area contributed by atoms with Crippen LogP contribution in [0.25, 0.3) is 0 Å². The SMILES string of the molecule is CCOC1CC(CC(N)Cc2ccccn2)C1.